The van der Waals surface area contributed by atoms with Gasteiger partial charge in [0.1, 0.15) is 0 Å². The van der Waals surface area contributed by atoms with Gasteiger partial charge in [-0.3, -0.25) is 0 Å². The first kappa shape index (κ1) is 13.4. The molecule has 0 aliphatic rings. The van der Waals surface area contributed by atoms with Crippen molar-refractivity contribution < 1.29 is 0 Å². The molecule has 0 saturated carbocycles. The van der Waals surface area contributed by atoms with Crippen LogP contribution in [0.3, 0.4) is 0 Å². The van der Waals surface area contributed by atoms with Gasteiger partial charge in [0.25, 0.3) is 0 Å². The van der Waals surface area contributed by atoms with E-state index in [0.29, 0.717) is 0 Å². The largest absolute Gasteiger partial charge is 0.134 e. The lowest BCUT2D eigenvalue weighted by Crippen LogP contribution is -1.85. The first-order chi connectivity index (χ1) is 9.17. The van der Waals surface area contributed by atoms with Gasteiger partial charge in [0, 0.05) is 23.7 Å². The predicted octanol–water partition coefficient (Wildman–Crippen LogP) is 6.09. The lowest BCUT2D eigenvalue weighted by molar-refractivity contribution is 1.12. The van der Waals surface area contributed by atoms with Crippen LogP contribution in [0.2, 0.25) is 0 Å². The Hall–Kier alpha value is -0.610. The Morgan fingerprint density at radius 3 is 2.11 bits per heavy atom. The highest BCUT2D eigenvalue weighted by Crippen LogP contribution is 2.40. The van der Waals surface area contributed by atoms with Crippen molar-refractivity contribution in [1.82, 2.24) is 0 Å². The number of aryl methyl sites for hydroxylation is 3. The standard InChI is InChI=1S/C17H17IS/c1-4-11-6-8-13-14-9-7-12(5-2)15(18)17(14)19-16(13)10(11)3/h6-9H,4-5H2,1-3H3. The molecule has 0 amide bonds. The minimum Gasteiger partial charge on any atom is -0.134 e. The van der Waals surface area contributed by atoms with E-state index in [-0.39, 0.29) is 0 Å². The Bertz CT molecular complexity index is 704. The maximum absolute atomic E-state index is 2.51. The van der Waals surface area contributed by atoms with E-state index in [4.69, 9.17) is 0 Å². The molecule has 0 saturated heterocycles. The summed E-state index contributed by atoms with van der Waals surface area (Å²) in [6.07, 6.45) is 2.23. The third kappa shape index (κ3) is 2.00. The van der Waals surface area contributed by atoms with Crippen LogP contribution in [0.1, 0.15) is 30.5 Å². The zero-order valence-corrected chi connectivity index (χ0v) is 14.5. The Morgan fingerprint density at radius 2 is 1.47 bits per heavy atom. The van der Waals surface area contributed by atoms with Gasteiger partial charge in [-0.05, 0) is 59.0 Å². The Labute approximate surface area is 132 Å². The van der Waals surface area contributed by atoms with Gasteiger partial charge in [0.05, 0.1) is 0 Å². The number of fused-ring (bicyclic) bond motifs is 3. The molecule has 0 nitrogen and oxygen atoms in total. The highest BCUT2D eigenvalue weighted by molar-refractivity contribution is 14.1. The molecule has 0 N–H and O–H groups in total. The molecule has 0 spiro atoms. The van der Waals surface area contributed by atoms with E-state index in [1.165, 1.54) is 40.4 Å². The molecular weight excluding hydrogens is 363 g/mol. The van der Waals surface area contributed by atoms with Crippen LogP contribution >= 0.6 is 33.9 Å². The number of thiophene rings is 1. The quantitative estimate of drug-likeness (QED) is 0.472. The van der Waals surface area contributed by atoms with Gasteiger partial charge in [-0.1, -0.05) is 38.1 Å². The predicted molar refractivity (Wildman–Crippen MR) is 95.5 cm³/mol. The number of hydrogen-bond acceptors (Lipinski definition) is 1. The summed E-state index contributed by atoms with van der Waals surface area (Å²) in [6, 6.07) is 9.20. The Morgan fingerprint density at radius 1 is 0.895 bits per heavy atom. The van der Waals surface area contributed by atoms with Gasteiger partial charge in [0.2, 0.25) is 0 Å². The van der Waals surface area contributed by atoms with Crippen molar-refractivity contribution in [2.75, 3.05) is 0 Å². The molecule has 0 radical (unpaired) electrons. The monoisotopic (exact) mass is 380 g/mol. The van der Waals surface area contributed by atoms with E-state index in [0.717, 1.165) is 12.8 Å². The number of hydrogen-bond donors (Lipinski definition) is 0. The summed E-state index contributed by atoms with van der Waals surface area (Å²) in [5.41, 5.74) is 4.41. The van der Waals surface area contributed by atoms with E-state index in [1.807, 2.05) is 11.3 Å². The second kappa shape index (κ2) is 5.06. The molecule has 0 bridgehead atoms. The first-order valence-corrected chi connectivity index (χ1v) is 8.69. The van der Waals surface area contributed by atoms with Gasteiger partial charge >= 0.3 is 0 Å². The van der Waals surface area contributed by atoms with Crippen LogP contribution in [0, 0.1) is 10.5 Å². The van der Waals surface area contributed by atoms with Crippen LogP contribution in [0.5, 0.6) is 0 Å². The third-order valence-corrected chi connectivity index (χ3v) is 6.91. The van der Waals surface area contributed by atoms with Crippen LogP contribution in [0.25, 0.3) is 20.2 Å². The summed E-state index contributed by atoms with van der Waals surface area (Å²) < 4.78 is 4.38. The molecule has 0 fully saturated rings. The van der Waals surface area contributed by atoms with Crippen LogP contribution in [-0.4, -0.2) is 0 Å². The summed E-state index contributed by atoms with van der Waals surface area (Å²) in [6.45, 7) is 6.74. The summed E-state index contributed by atoms with van der Waals surface area (Å²) in [5, 5.41) is 2.85. The second-order valence-electron chi connectivity index (χ2n) is 4.95. The molecule has 1 aromatic heterocycles. The molecule has 2 aromatic carbocycles. The average molecular weight is 380 g/mol. The van der Waals surface area contributed by atoms with Crippen LogP contribution in [-0.2, 0) is 12.8 Å². The maximum atomic E-state index is 2.51. The molecule has 0 atom stereocenters. The summed E-state index contributed by atoms with van der Waals surface area (Å²) in [4.78, 5) is 0. The highest BCUT2D eigenvalue weighted by Gasteiger charge is 2.12. The molecule has 0 aliphatic carbocycles. The Kier molecular flexibility index (Phi) is 3.56. The van der Waals surface area contributed by atoms with E-state index in [2.05, 4.69) is 67.6 Å². The molecule has 3 aromatic rings. The lowest BCUT2D eigenvalue weighted by atomic mass is 10.0. The van der Waals surface area contributed by atoms with E-state index >= 15 is 0 Å². The SMILES string of the molecule is CCc1ccc2c(sc3c(I)c(CC)ccc32)c1C. The van der Waals surface area contributed by atoms with Gasteiger partial charge in [0.15, 0.2) is 0 Å². The van der Waals surface area contributed by atoms with Gasteiger partial charge < -0.3 is 0 Å². The van der Waals surface area contributed by atoms with Crippen molar-refractivity contribution in [3.63, 3.8) is 0 Å². The first-order valence-electron chi connectivity index (χ1n) is 6.79. The summed E-state index contributed by atoms with van der Waals surface area (Å²) in [7, 11) is 0. The fraction of sp³-hybridized carbons (Fsp3) is 0.294. The molecule has 3 rings (SSSR count). The smallest absolute Gasteiger partial charge is 0.0491 e. The average Bonchev–Trinajstić information content (AvgIpc) is 2.80. The van der Waals surface area contributed by atoms with Gasteiger partial charge in [-0.2, -0.15) is 0 Å². The number of rotatable bonds is 2. The maximum Gasteiger partial charge on any atom is 0.0491 e. The molecule has 0 aliphatic heterocycles. The summed E-state index contributed by atoms with van der Waals surface area (Å²) >= 11 is 4.48. The fourth-order valence-electron chi connectivity index (χ4n) is 2.74. The number of halogens is 1. The van der Waals surface area contributed by atoms with Crippen molar-refractivity contribution in [3.8, 4) is 0 Å². The highest BCUT2D eigenvalue weighted by atomic mass is 127. The molecule has 98 valence electrons. The van der Waals surface area contributed by atoms with Crippen molar-refractivity contribution >= 4 is 54.1 Å². The second-order valence-corrected chi connectivity index (χ2v) is 7.05. The topological polar surface area (TPSA) is 0 Å². The van der Waals surface area contributed by atoms with Crippen molar-refractivity contribution in [3.05, 3.63) is 44.5 Å². The van der Waals surface area contributed by atoms with Crippen LogP contribution in [0.4, 0.5) is 0 Å². The third-order valence-electron chi connectivity index (χ3n) is 3.95. The lowest BCUT2D eigenvalue weighted by Gasteiger charge is -2.03. The Balaban J connectivity index is 2.44. The van der Waals surface area contributed by atoms with E-state index < -0.39 is 0 Å². The van der Waals surface area contributed by atoms with Gasteiger partial charge in [-0.25, -0.2) is 0 Å². The molecule has 0 unspecified atom stereocenters. The molecule has 1 heterocycles. The molecule has 19 heavy (non-hydrogen) atoms. The van der Waals surface area contributed by atoms with Crippen molar-refractivity contribution in [1.29, 1.82) is 0 Å². The minimum absolute atomic E-state index is 1.11. The van der Waals surface area contributed by atoms with Gasteiger partial charge in [-0.15, -0.1) is 11.3 Å². The van der Waals surface area contributed by atoms with E-state index in [1.54, 1.807) is 0 Å². The van der Waals surface area contributed by atoms with Crippen molar-refractivity contribution in [2.24, 2.45) is 0 Å². The molecular formula is C17H17IS. The normalized spacial score (nSPS) is 11.6. The van der Waals surface area contributed by atoms with Crippen LogP contribution < -0.4 is 0 Å². The zero-order chi connectivity index (χ0) is 13.6. The minimum atomic E-state index is 1.11. The number of benzene rings is 2. The van der Waals surface area contributed by atoms with Crippen LogP contribution in [0.15, 0.2) is 24.3 Å². The molecule has 2 heteroatoms. The summed E-state index contributed by atoms with van der Waals surface area (Å²) in [5.74, 6) is 0. The van der Waals surface area contributed by atoms with Crippen molar-refractivity contribution in [2.45, 2.75) is 33.6 Å². The zero-order valence-electron chi connectivity index (χ0n) is 11.5. The fourth-order valence-corrected chi connectivity index (χ4v) is 5.21. The van der Waals surface area contributed by atoms with E-state index in [9.17, 15) is 0 Å².